The molecule has 0 spiro atoms. The van der Waals surface area contributed by atoms with Gasteiger partial charge < -0.3 is 5.32 Å². The minimum absolute atomic E-state index is 0.0651. The van der Waals surface area contributed by atoms with E-state index in [2.05, 4.69) is 10.0 Å². The van der Waals surface area contributed by atoms with Crippen molar-refractivity contribution in [1.29, 1.82) is 5.26 Å². The first kappa shape index (κ1) is 14.8. The number of nitrogens with one attached hydrogen (secondary N) is 2. The van der Waals surface area contributed by atoms with Crippen molar-refractivity contribution in [2.75, 3.05) is 17.1 Å². The molecule has 2 aromatic rings. The lowest BCUT2D eigenvalue weighted by molar-refractivity contribution is 0.601. The van der Waals surface area contributed by atoms with Gasteiger partial charge in [0.2, 0.25) is 0 Å². The summed E-state index contributed by atoms with van der Waals surface area (Å²) in [6.45, 7) is 0. The van der Waals surface area contributed by atoms with Gasteiger partial charge in [0.1, 0.15) is 16.8 Å². The highest BCUT2D eigenvalue weighted by molar-refractivity contribution is 7.92. The van der Waals surface area contributed by atoms with E-state index in [0.29, 0.717) is 5.69 Å². The van der Waals surface area contributed by atoms with Crippen molar-refractivity contribution in [1.82, 2.24) is 0 Å². The average Bonchev–Trinajstić information content (AvgIpc) is 2.49. The van der Waals surface area contributed by atoms with Crippen LogP contribution in [0.5, 0.6) is 0 Å². The normalized spacial score (nSPS) is 10.7. The number of sulfonamides is 1. The summed E-state index contributed by atoms with van der Waals surface area (Å²) >= 11 is 0. The van der Waals surface area contributed by atoms with Crippen LogP contribution in [0.3, 0.4) is 0 Å². The summed E-state index contributed by atoms with van der Waals surface area (Å²) in [6, 6.07) is 11.5. The zero-order valence-corrected chi connectivity index (χ0v) is 11.9. The Bertz CT molecular complexity index is 813. The van der Waals surface area contributed by atoms with Crippen molar-refractivity contribution in [3.8, 4) is 6.07 Å². The van der Waals surface area contributed by atoms with Gasteiger partial charge in [0, 0.05) is 7.05 Å². The number of hydrogen-bond donors (Lipinski definition) is 2. The molecule has 0 aliphatic heterocycles. The number of nitriles is 1. The quantitative estimate of drug-likeness (QED) is 0.909. The third-order valence-electron chi connectivity index (χ3n) is 2.78. The Morgan fingerprint density at radius 3 is 2.57 bits per heavy atom. The predicted octanol–water partition coefficient (Wildman–Crippen LogP) is 2.54. The molecule has 21 heavy (non-hydrogen) atoms. The number of halogens is 1. The molecule has 0 bridgehead atoms. The molecule has 2 N–H and O–H groups in total. The molecule has 7 heteroatoms. The fourth-order valence-corrected chi connectivity index (χ4v) is 3.06. The average molecular weight is 305 g/mol. The molecule has 0 unspecified atom stereocenters. The molecule has 0 aliphatic carbocycles. The third kappa shape index (κ3) is 3.12. The molecular formula is C14H12FN3O2S. The van der Waals surface area contributed by atoms with Crippen LogP contribution in [-0.4, -0.2) is 15.5 Å². The van der Waals surface area contributed by atoms with Crippen molar-refractivity contribution in [2.24, 2.45) is 0 Å². The first-order chi connectivity index (χ1) is 9.97. The van der Waals surface area contributed by atoms with Crippen molar-refractivity contribution in [3.63, 3.8) is 0 Å². The second kappa shape index (κ2) is 5.81. The highest BCUT2D eigenvalue weighted by Crippen LogP contribution is 2.24. The van der Waals surface area contributed by atoms with E-state index in [0.717, 1.165) is 12.1 Å². The zero-order valence-electron chi connectivity index (χ0n) is 11.1. The molecule has 0 aromatic heterocycles. The van der Waals surface area contributed by atoms with Crippen LogP contribution in [0.2, 0.25) is 0 Å². The molecule has 0 fully saturated rings. The highest BCUT2D eigenvalue weighted by atomic mass is 32.2. The molecule has 0 saturated carbocycles. The number of nitrogens with zero attached hydrogens (tertiary/aromatic N) is 1. The van der Waals surface area contributed by atoms with E-state index >= 15 is 0 Å². The second-order valence-electron chi connectivity index (χ2n) is 4.16. The van der Waals surface area contributed by atoms with Crippen LogP contribution < -0.4 is 10.0 Å². The van der Waals surface area contributed by atoms with Crippen molar-refractivity contribution < 1.29 is 12.8 Å². The van der Waals surface area contributed by atoms with Gasteiger partial charge in [-0.2, -0.15) is 5.26 Å². The van der Waals surface area contributed by atoms with E-state index < -0.39 is 15.8 Å². The summed E-state index contributed by atoms with van der Waals surface area (Å²) in [6.07, 6.45) is 0. The van der Waals surface area contributed by atoms with Gasteiger partial charge in [-0.1, -0.05) is 12.1 Å². The van der Waals surface area contributed by atoms with Gasteiger partial charge in [0.05, 0.1) is 16.9 Å². The SMILES string of the molecule is CNc1ccccc1S(=O)(=O)Nc1ccc(F)c(C#N)c1. The summed E-state index contributed by atoms with van der Waals surface area (Å²) in [7, 11) is -2.23. The van der Waals surface area contributed by atoms with Gasteiger partial charge in [-0.3, -0.25) is 4.72 Å². The lowest BCUT2D eigenvalue weighted by Gasteiger charge is -2.12. The second-order valence-corrected chi connectivity index (χ2v) is 5.81. The summed E-state index contributed by atoms with van der Waals surface area (Å²) in [5.74, 6) is -0.698. The number of anilines is 2. The van der Waals surface area contributed by atoms with E-state index in [1.54, 1.807) is 31.3 Å². The Labute approximate surface area is 122 Å². The smallest absolute Gasteiger partial charge is 0.263 e. The van der Waals surface area contributed by atoms with Crippen molar-refractivity contribution in [3.05, 3.63) is 53.8 Å². The minimum atomic E-state index is -3.84. The standard InChI is InChI=1S/C14H12FN3O2S/c1-17-13-4-2-3-5-14(13)21(19,20)18-11-6-7-12(15)10(8-11)9-16/h2-8,17-18H,1H3. The fourth-order valence-electron chi connectivity index (χ4n) is 1.79. The van der Waals surface area contributed by atoms with Gasteiger partial charge in [-0.25, -0.2) is 12.8 Å². The molecule has 0 atom stereocenters. The molecule has 0 radical (unpaired) electrons. The Morgan fingerprint density at radius 1 is 1.19 bits per heavy atom. The molecule has 108 valence electrons. The van der Waals surface area contributed by atoms with E-state index in [9.17, 15) is 12.8 Å². The van der Waals surface area contributed by atoms with Crippen LogP contribution in [0.4, 0.5) is 15.8 Å². The van der Waals surface area contributed by atoms with Crippen LogP contribution in [0, 0.1) is 17.1 Å². The molecule has 5 nitrogen and oxygen atoms in total. The van der Waals surface area contributed by atoms with Gasteiger partial charge in [-0.05, 0) is 30.3 Å². The Balaban J connectivity index is 2.40. The maximum Gasteiger partial charge on any atom is 0.263 e. The Kier molecular flexibility index (Phi) is 4.10. The number of hydrogen-bond acceptors (Lipinski definition) is 4. The molecular weight excluding hydrogens is 293 g/mol. The molecule has 2 rings (SSSR count). The summed E-state index contributed by atoms with van der Waals surface area (Å²) in [4.78, 5) is 0.0651. The van der Waals surface area contributed by atoms with E-state index in [4.69, 9.17) is 5.26 Å². The minimum Gasteiger partial charge on any atom is -0.387 e. The first-order valence-electron chi connectivity index (χ1n) is 5.97. The fraction of sp³-hybridized carbons (Fsp3) is 0.0714. The highest BCUT2D eigenvalue weighted by Gasteiger charge is 2.18. The number of rotatable bonds is 4. The number of para-hydroxylation sites is 1. The van der Waals surface area contributed by atoms with Crippen LogP contribution in [0.25, 0.3) is 0 Å². The molecule has 0 saturated heterocycles. The maximum atomic E-state index is 13.2. The Morgan fingerprint density at radius 2 is 1.90 bits per heavy atom. The van der Waals surface area contributed by atoms with Crippen LogP contribution in [0.1, 0.15) is 5.56 Å². The molecule has 0 heterocycles. The molecule has 0 aliphatic rings. The molecule has 2 aromatic carbocycles. The lowest BCUT2D eigenvalue weighted by atomic mass is 10.2. The zero-order chi connectivity index (χ0) is 15.5. The van der Waals surface area contributed by atoms with E-state index in [1.807, 2.05) is 0 Å². The van der Waals surface area contributed by atoms with E-state index in [1.165, 1.54) is 12.1 Å². The van der Waals surface area contributed by atoms with Gasteiger partial charge in [-0.15, -0.1) is 0 Å². The summed E-state index contributed by atoms with van der Waals surface area (Å²) in [5.41, 5.74) is 0.337. The number of benzene rings is 2. The summed E-state index contributed by atoms with van der Waals surface area (Å²) < 4.78 is 40.2. The topological polar surface area (TPSA) is 82.0 Å². The lowest BCUT2D eigenvalue weighted by Crippen LogP contribution is -2.14. The van der Waals surface area contributed by atoms with Crippen molar-refractivity contribution >= 4 is 21.4 Å². The van der Waals surface area contributed by atoms with Crippen LogP contribution >= 0.6 is 0 Å². The van der Waals surface area contributed by atoms with E-state index in [-0.39, 0.29) is 16.1 Å². The van der Waals surface area contributed by atoms with Gasteiger partial charge in [0.15, 0.2) is 0 Å². The van der Waals surface area contributed by atoms with Gasteiger partial charge >= 0.3 is 0 Å². The van der Waals surface area contributed by atoms with Crippen LogP contribution in [0.15, 0.2) is 47.4 Å². The summed E-state index contributed by atoms with van der Waals surface area (Å²) in [5, 5.41) is 11.6. The first-order valence-corrected chi connectivity index (χ1v) is 7.45. The third-order valence-corrected chi connectivity index (χ3v) is 4.22. The monoisotopic (exact) mass is 305 g/mol. The van der Waals surface area contributed by atoms with Gasteiger partial charge in [0.25, 0.3) is 10.0 Å². The molecule has 0 amide bonds. The Hall–Kier alpha value is -2.59. The predicted molar refractivity (Wildman–Crippen MR) is 77.9 cm³/mol. The van der Waals surface area contributed by atoms with Crippen molar-refractivity contribution in [2.45, 2.75) is 4.90 Å². The largest absolute Gasteiger partial charge is 0.387 e. The maximum absolute atomic E-state index is 13.2. The van der Waals surface area contributed by atoms with Crippen LogP contribution in [-0.2, 0) is 10.0 Å².